The molecule has 4 nitrogen and oxygen atoms in total. The van der Waals surface area contributed by atoms with Crippen molar-refractivity contribution < 1.29 is 19.1 Å². The molecule has 106 valence electrons. The number of amides is 1. The highest BCUT2D eigenvalue weighted by Crippen LogP contribution is 2.29. The topological polar surface area (TPSA) is 57.6 Å². The summed E-state index contributed by atoms with van der Waals surface area (Å²) in [6, 6.07) is 6.09. The summed E-state index contributed by atoms with van der Waals surface area (Å²) in [7, 11) is 1.43. The van der Waals surface area contributed by atoms with E-state index < -0.39 is 23.2 Å². The Balaban J connectivity index is 2.41. The van der Waals surface area contributed by atoms with E-state index in [0.717, 1.165) is 16.2 Å². The number of carboxylic acids is 1. The number of hydrogen-bond acceptors (Lipinski definition) is 3. The van der Waals surface area contributed by atoms with Crippen LogP contribution in [0.25, 0.3) is 10.1 Å². The van der Waals surface area contributed by atoms with E-state index in [0.29, 0.717) is 15.0 Å². The first kappa shape index (κ1) is 14.5. The second-order valence-corrected chi connectivity index (χ2v) is 6.07. The van der Waals surface area contributed by atoms with Crippen molar-refractivity contribution in [2.45, 2.75) is 19.4 Å². The molecule has 2 aromatic rings. The number of carbonyl (C=O) groups excluding carboxylic acids is 1. The fraction of sp³-hybridized carbons (Fsp3) is 0.286. The molecule has 0 saturated carbocycles. The van der Waals surface area contributed by atoms with E-state index in [4.69, 9.17) is 5.11 Å². The molecular weight excluding hydrogens is 281 g/mol. The summed E-state index contributed by atoms with van der Waals surface area (Å²) in [6.45, 7) is 2.89. The van der Waals surface area contributed by atoms with Gasteiger partial charge >= 0.3 is 5.97 Å². The van der Waals surface area contributed by atoms with Crippen LogP contribution in [0, 0.1) is 5.82 Å². The maximum Gasteiger partial charge on any atom is 0.329 e. The molecular formula is C14H14FNO3S. The second-order valence-electron chi connectivity index (χ2n) is 4.99. The number of aliphatic carboxylic acids is 1. The van der Waals surface area contributed by atoms with Crippen LogP contribution in [0.2, 0.25) is 0 Å². The lowest BCUT2D eigenvalue weighted by atomic mass is 10.0. The van der Waals surface area contributed by atoms with E-state index in [9.17, 15) is 14.0 Å². The largest absolute Gasteiger partial charge is 0.480 e. The van der Waals surface area contributed by atoms with Crippen LogP contribution in [0.3, 0.4) is 0 Å². The van der Waals surface area contributed by atoms with Gasteiger partial charge in [0.15, 0.2) is 0 Å². The van der Waals surface area contributed by atoms with Crippen LogP contribution in [-0.2, 0) is 4.79 Å². The van der Waals surface area contributed by atoms with Crippen molar-refractivity contribution >= 4 is 33.3 Å². The molecule has 1 aromatic carbocycles. The summed E-state index contributed by atoms with van der Waals surface area (Å²) in [6.07, 6.45) is 0. The van der Waals surface area contributed by atoms with E-state index in [-0.39, 0.29) is 0 Å². The minimum absolute atomic E-state index is 0.321. The number of hydrogen-bond donors (Lipinski definition) is 1. The van der Waals surface area contributed by atoms with Gasteiger partial charge in [-0.1, -0.05) is 6.07 Å². The van der Waals surface area contributed by atoms with E-state index in [1.165, 1.54) is 33.0 Å². The predicted molar refractivity (Wildman–Crippen MR) is 75.6 cm³/mol. The first-order valence-corrected chi connectivity index (χ1v) is 6.76. The molecule has 1 aromatic heterocycles. The minimum Gasteiger partial charge on any atom is -0.480 e. The highest BCUT2D eigenvalue weighted by Gasteiger charge is 2.36. The maximum atomic E-state index is 13.6. The van der Waals surface area contributed by atoms with Crippen LogP contribution in [0.4, 0.5) is 4.39 Å². The smallest absolute Gasteiger partial charge is 0.329 e. The Morgan fingerprint density at radius 2 is 2.00 bits per heavy atom. The zero-order chi connectivity index (χ0) is 15.1. The molecule has 0 spiro atoms. The number of carbonyl (C=O) groups is 2. The second kappa shape index (κ2) is 4.86. The lowest BCUT2D eigenvalue weighted by molar-refractivity contribution is -0.147. The van der Waals surface area contributed by atoms with Crippen molar-refractivity contribution in [1.82, 2.24) is 4.90 Å². The lowest BCUT2D eigenvalue weighted by Gasteiger charge is -2.31. The number of nitrogens with zero attached hydrogens (tertiary/aromatic N) is 1. The molecule has 0 fully saturated rings. The van der Waals surface area contributed by atoms with Gasteiger partial charge in [-0.05, 0) is 32.0 Å². The van der Waals surface area contributed by atoms with Crippen LogP contribution in [0.15, 0.2) is 24.3 Å². The Morgan fingerprint density at radius 1 is 1.35 bits per heavy atom. The van der Waals surface area contributed by atoms with Gasteiger partial charge in [0.1, 0.15) is 11.4 Å². The third kappa shape index (κ3) is 2.27. The molecule has 0 aliphatic carbocycles. The van der Waals surface area contributed by atoms with Crippen molar-refractivity contribution in [2.75, 3.05) is 7.05 Å². The van der Waals surface area contributed by atoms with E-state index >= 15 is 0 Å². The third-order valence-corrected chi connectivity index (χ3v) is 4.47. The average molecular weight is 295 g/mol. The molecule has 0 aliphatic rings. The normalized spacial score (nSPS) is 11.6. The van der Waals surface area contributed by atoms with Gasteiger partial charge in [-0.2, -0.15) is 0 Å². The number of thiophene rings is 1. The SMILES string of the molecule is CN(C(=O)c1cc2c(F)cccc2s1)C(C)(C)C(=O)O. The fourth-order valence-electron chi connectivity index (χ4n) is 1.69. The van der Waals surface area contributed by atoms with Crippen molar-refractivity contribution in [3.05, 3.63) is 35.0 Å². The molecule has 0 saturated heterocycles. The number of benzene rings is 1. The quantitative estimate of drug-likeness (QED) is 0.947. The highest BCUT2D eigenvalue weighted by molar-refractivity contribution is 7.20. The molecule has 0 aliphatic heterocycles. The van der Waals surface area contributed by atoms with Crippen molar-refractivity contribution in [2.24, 2.45) is 0 Å². The summed E-state index contributed by atoms with van der Waals surface area (Å²) in [5, 5.41) is 9.52. The van der Waals surface area contributed by atoms with Crippen LogP contribution >= 0.6 is 11.3 Å². The van der Waals surface area contributed by atoms with Crippen molar-refractivity contribution in [1.29, 1.82) is 0 Å². The zero-order valence-electron chi connectivity index (χ0n) is 11.3. The van der Waals surface area contributed by atoms with Crippen molar-refractivity contribution in [3.63, 3.8) is 0 Å². The van der Waals surface area contributed by atoms with E-state index in [1.807, 2.05) is 0 Å². The average Bonchev–Trinajstić information content (AvgIpc) is 2.82. The Hall–Kier alpha value is -1.95. The third-order valence-electron chi connectivity index (χ3n) is 3.39. The molecule has 2 rings (SSSR count). The fourth-order valence-corrected chi connectivity index (χ4v) is 2.74. The van der Waals surface area contributed by atoms with Crippen LogP contribution in [0.1, 0.15) is 23.5 Å². The minimum atomic E-state index is -1.33. The molecule has 0 bridgehead atoms. The summed E-state index contributed by atoms with van der Waals surface area (Å²) >= 11 is 1.15. The number of fused-ring (bicyclic) bond motifs is 1. The Kier molecular flexibility index (Phi) is 3.52. The van der Waals surface area contributed by atoms with Crippen LogP contribution in [0.5, 0.6) is 0 Å². The first-order chi connectivity index (χ1) is 9.25. The highest BCUT2D eigenvalue weighted by atomic mass is 32.1. The Morgan fingerprint density at radius 3 is 2.55 bits per heavy atom. The van der Waals surface area contributed by atoms with Gasteiger partial charge < -0.3 is 10.0 Å². The van der Waals surface area contributed by atoms with Gasteiger partial charge in [-0.15, -0.1) is 11.3 Å². The molecule has 0 atom stereocenters. The number of likely N-dealkylation sites (N-methyl/N-ethyl adjacent to an activating group) is 1. The van der Waals surface area contributed by atoms with E-state index in [1.54, 1.807) is 12.1 Å². The van der Waals surface area contributed by atoms with Gasteiger partial charge in [-0.25, -0.2) is 9.18 Å². The van der Waals surface area contributed by atoms with Gasteiger partial charge in [0.05, 0.1) is 4.88 Å². The van der Waals surface area contributed by atoms with Crippen LogP contribution < -0.4 is 0 Å². The van der Waals surface area contributed by atoms with Gasteiger partial charge in [0.25, 0.3) is 5.91 Å². The number of rotatable bonds is 3. The summed E-state index contributed by atoms with van der Waals surface area (Å²) in [5.41, 5.74) is -1.33. The standard InChI is InChI=1S/C14H14FNO3S/c1-14(2,13(18)19)16(3)12(17)11-7-8-9(15)5-4-6-10(8)20-11/h4-7H,1-3H3,(H,18,19). The molecule has 20 heavy (non-hydrogen) atoms. The summed E-state index contributed by atoms with van der Waals surface area (Å²) < 4.78 is 14.3. The zero-order valence-corrected chi connectivity index (χ0v) is 12.1. The molecule has 0 radical (unpaired) electrons. The van der Waals surface area contributed by atoms with Gasteiger partial charge in [-0.3, -0.25) is 4.79 Å². The molecule has 1 heterocycles. The number of halogens is 1. The molecule has 1 amide bonds. The monoisotopic (exact) mass is 295 g/mol. The maximum absolute atomic E-state index is 13.6. The van der Waals surface area contributed by atoms with Crippen molar-refractivity contribution in [3.8, 4) is 0 Å². The Labute approximate surface area is 119 Å². The molecule has 0 unspecified atom stereocenters. The lowest BCUT2D eigenvalue weighted by Crippen LogP contribution is -2.50. The van der Waals surface area contributed by atoms with Crippen LogP contribution in [-0.4, -0.2) is 34.5 Å². The molecule has 6 heteroatoms. The van der Waals surface area contributed by atoms with Gasteiger partial charge in [0, 0.05) is 17.1 Å². The predicted octanol–water partition coefficient (Wildman–Crippen LogP) is 2.98. The van der Waals surface area contributed by atoms with E-state index in [2.05, 4.69) is 0 Å². The Bertz CT molecular complexity index is 693. The summed E-state index contributed by atoms with van der Waals surface area (Å²) in [4.78, 5) is 25.0. The summed E-state index contributed by atoms with van der Waals surface area (Å²) in [5.74, 6) is -1.92. The first-order valence-electron chi connectivity index (χ1n) is 5.94. The number of carboxylic acid groups (broad SMARTS) is 1. The van der Waals surface area contributed by atoms with Gasteiger partial charge in [0.2, 0.25) is 0 Å². The molecule has 1 N–H and O–H groups in total.